The highest BCUT2D eigenvalue weighted by Gasteiger charge is 2.28. The van der Waals surface area contributed by atoms with E-state index in [2.05, 4.69) is 0 Å². The van der Waals surface area contributed by atoms with Crippen molar-refractivity contribution in [1.29, 1.82) is 0 Å². The molecule has 4 heteroatoms. The van der Waals surface area contributed by atoms with Crippen molar-refractivity contribution in [2.75, 3.05) is 0 Å². The van der Waals surface area contributed by atoms with Crippen molar-refractivity contribution in [3.05, 3.63) is 23.0 Å². The molecule has 0 amide bonds. The molecule has 0 radical (unpaired) electrons. The Balaban J connectivity index is 2.57. The maximum Gasteiger partial charge on any atom is 0.193 e. The number of carbonyl (C=O) groups is 2. The fourth-order valence-corrected chi connectivity index (χ4v) is 1.88. The smallest absolute Gasteiger partial charge is 0.193 e. The minimum absolute atomic E-state index is 0.269. The average Bonchev–Trinajstić information content (AvgIpc) is 2.50. The van der Waals surface area contributed by atoms with E-state index in [1.165, 1.54) is 0 Å². The molecule has 1 atom stereocenters. The maximum atomic E-state index is 11.5. The first-order valence-electron chi connectivity index (χ1n) is 4.51. The van der Waals surface area contributed by atoms with Gasteiger partial charge in [-0.1, -0.05) is 0 Å². The quantitative estimate of drug-likeness (QED) is 0.654. The van der Waals surface area contributed by atoms with E-state index in [0.717, 1.165) is 12.0 Å². The summed E-state index contributed by atoms with van der Waals surface area (Å²) in [5, 5.41) is 9.35. The lowest BCUT2D eigenvalue weighted by atomic mass is 9.94. The van der Waals surface area contributed by atoms with E-state index in [4.69, 9.17) is 0 Å². The maximum absolute atomic E-state index is 11.5. The normalized spacial score (nSPS) is 20.7. The molecule has 0 spiro atoms. The van der Waals surface area contributed by atoms with Crippen LogP contribution >= 0.6 is 0 Å². The molecule has 1 aromatic heterocycles. The first kappa shape index (κ1) is 9.15. The molecule has 0 aromatic carbocycles. The monoisotopic (exact) mass is 193 g/mol. The van der Waals surface area contributed by atoms with E-state index in [9.17, 15) is 14.7 Å². The molecule has 1 aliphatic rings. The van der Waals surface area contributed by atoms with Crippen molar-refractivity contribution >= 4 is 12.1 Å². The molecule has 74 valence electrons. The topological polar surface area (TPSA) is 59.3 Å². The van der Waals surface area contributed by atoms with Crippen molar-refractivity contribution in [3.8, 4) is 0 Å². The highest BCUT2D eigenvalue weighted by molar-refractivity contribution is 6.02. The fraction of sp³-hybridized carbons (Fsp3) is 0.400. The number of carbonyl (C=O) groups excluding carboxylic acids is 2. The number of aliphatic hydroxyl groups excluding tert-OH is 1. The summed E-state index contributed by atoms with van der Waals surface area (Å²) in [7, 11) is 1.76. The van der Waals surface area contributed by atoms with E-state index in [0.29, 0.717) is 24.1 Å². The zero-order valence-electron chi connectivity index (χ0n) is 7.86. The van der Waals surface area contributed by atoms with E-state index in [1.807, 2.05) is 0 Å². The van der Waals surface area contributed by atoms with Gasteiger partial charge in [0.2, 0.25) is 0 Å². The van der Waals surface area contributed by atoms with E-state index < -0.39 is 6.10 Å². The largest absolute Gasteiger partial charge is 0.385 e. The molecular weight excluding hydrogens is 182 g/mol. The minimum Gasteiger partial charge on any atom is -0.385 e. The van der Waals surface area contributed by atoms with Gasteiger partial charge in [0, 0.05) is 18.3 Å². The van der Waals surface area contributed by atoms with E-state index in [1.54, 1.807) is 17.7 Å². The van der Waals surface area contributed by atoms with Crippen molar-refractivity contribution in [1.82, 2.24) is 4.57 Å². The van der Waals surface area contributed by atoms with Crippen LogP contribution in [0.4, 0.5) is 0 Å². The number of fused-ring (bicyclic) bond motifs is 1. The van der Waals surface area contributed by atoms with Crippen LogP contribution in [0, 0.1) is 0 Å². The Morgan fingerprint density at radius 2 is 2.36 bits per heavy atom. The van der Waals surface area contributed by atoms with Gasteiger partial charge in [0.25, 0.3) is 0 Å². The number of aldehydes is 1. The SMILES string of the molecule is Cn1c(C=O)cc2c1CCC(O)C2=O. The van der Waals surface area contributed by atoms with Crippen LogP contribution in [0.25, 0.3) is 0 Å². The number of aromatic nitrogens is 1. The van der Waals surface area contributed by atoms with Crippen molar-refractivity contribution in [2.24, 2.45) is 7.05 Å². The first-order chi connectivity index (χ1) is 6.65. The molecule has 4 nitrogen and oxygen atoms in total. The first-order valence-corrected chi connectivity index (χ1v) is 4.51. The van der Waals surface area contributed by atoms with Crippen molar-refractivity contribution < 1.29 is 14.7 Å². The molecule has 1 heterocycles. The predicted molar refractivity (Wildman–Crippen MR) is 49.5 cm³/mol. The zero-order valence-corrected chi connectivity index (χ0v) is 7.86. The summed E-state index contributed by atoms with van der Waals surface area (Å²) in [6.45, 7) is 0. The third-order valence-electron chi connectivity index (χ3n) is 2.74. The van der Waals surface area contributed by atoms with Crippen LogP contribution in [0.2, 0.25) is 0 Å². The number of ketones is 1. The Labute approximate surface area is 81.2 Å². The van der Waals surface area contributed by atoms with Gasteiger partial charge in [-0.05, 0) is 18.9 Å². The van der Waals surface area contributed by atoms with Gasteiger partial charge in [0.1, 0.15) is 6.10 Å². The number of Topliss-reactive ketones (excluding diaryl/α,β-unsaturated/α-hetero) is 1. The third kappa shape index (κ3) is 1.11. The molecule has 2 rings (SSSR count). The molecule has 0 fully saturated rings. The lowest BCUT2D eigenvalue weighted by Gasteiger charge is -2.17. The predicted octanol–water partition coefficient (Wildman–Crippen LogP) is 0.327. The van der Waals surface area contributed by atoms with Gasteiger partial charge in [0.15, 0.2) is 12.1 Å². The van der Waals surface area contributed by atoms with Crippen LogP contribution in [0.5, 0.6) is 0 Å². The van der Waals surface area contributed by atoms with Crippen LogP contribution in [-0.2, 0) is 13.5 Å². The second-order valence-corrected chi connectivity index (χ2v) is 3.53. The highest BCUT2D eigenvalue weighted by Crippen LogP contribution is 2.23. The van der Waals surface area contributed by atoms with Crippen LogP contribution in [0.15, 0.2) is 6.07 Å². The van der Waals surface area contributed by atoms with Gasteiger partial charge >= 0.3 is 0 Å². The summed E-state index contributed by atoms with van der Waals surface area (Å²) in [6, 6.07) is 1.55. The van der Waals surface area contributed by atoms with Crippen LogP contribution < -0.4 is 0 Å². The molecule has 0 bridgehead atoms. The number of nitrogens with zero attached hydrogens (tertiary/aromatic N) is 1. The minimum atomic E-state index is -0.899. The van der Waals surface area contributed by atoms with Gasteiger partial charge in [-0.2, -0.15) is 0 Å². The average molecular weight is 193 g/mol. The Bertz CT molecular complexity index is 406. The number of aliphatic hydroxyl groups is 1. The molecule has 0 saturated carbocycles. The lowest BCUT2D eigenvalue weighted by molar-refractivity contribution is 0.0710. The Hall–Kier alpha value is -1.42. The molecule has 0 saturated heterocycles. The molecule has 14 heavy (non-hydrogen) atoms. The van der Waals surface area contributed by atoms with Crippen LogP contribution in [0.3, 0.4) is 0 Å². The Kier molecular flexibility index (Phi) is 2.00. The number of hydrogen-bond donors (Lipinski definition) is 1. The summed E-state index contributed by atoms with van der Waals surface area (Å²) in [4.78, 5) is 22.2. The van der Waals surface area contributed by atoms with Crippen LogP contribution in [-0.4, -0.2) is 27.8 Å². The summed E-state index contributed by atoms with van der Waals surface area (Å²) >= 11 is 0. The second kappa shape index (κ2) is 3.06. The van der Waals surface area contributed by atoms with Gasteiger partial charge in [-0.25, -0.2) is 0 Å². The number of hydrogen-bond acceptors (Lipinski definition) is 3. The molecule has 1 N–H and O–H groups in total. The van der Waals surface area contributed by atoms with Gasteiger partial charge < -0.3 is 9.67 Å². The van der Waals surface area contributed by atoms with E-state index >= 15 is 0 Å². The summed E-state index contributed by atoms with van der Waals surface area (Å²) < 4.78 is 1.71. The second-order valence-electron chi connectivity index (χ2n) is 3.53. The van der Waals surface area contributed by atoms with Gasteiger partial charge in [-0.3, -0.25) is 9.59 Å². The van der Waals surface area contributed by atoms with Crippen molar-refractivity contribution in [3.63, 3.8) is 0 Å². The molecule has 0 aliphatic heterocycles. The third-order valence-corrected chi connectivity index (χ3v) is 2.74. The summed E-state index contributed by atoms with van der Waals surface area (Å²) in [5.74, 6) is -0.269. The summed E-state index contributed by atoms with van der Waals surface area (Å²) in [6.07, 6.45) is 0.913. The zero-order chi connectivity index (χ0) is 10.3. The standard InChI is InChI=1S/C10H11NO3/c1-11-6(5-12)4-7-8(11)2-3-9(13)10(7)14/h4-5,9,13H,2-3H2,1H3. The molecule has 1 unspecified atom stereocenters. The van der Waals surface area contributed by atoms with Crippen molar-refractivity contribution in [2.45, 2.75) is 18.9 Å². The molecular formula is C10H11NO3. The van der Waals surface area contributed by atoms with E-state index in [-0.39, 0.29) is 5.78 Å². The highest BCUT2D eigenvalue weighted by atomic mass is 16.3. The lowest BCUT2D eigenvalue weighted by Crippen LogP contribution is -2.27. The molecule has 1 aliphatic carbocycles. The summed E-state index contributed by atoms with van der Waals surface area (Å²) in [5.41, 5.74) is 1.83. The van der Waals surface area contributed by atoms with Gasteiger partial charge in [0.05, 0.1) is 5.69 Å². The van der Waals surface area contributed by atoms with Crippen LogP contribution in [0.1, 0.15) is 33.0 Å². The Morgan fingerprint density at radius 3 is 3.00 bits per heavy atom. The molecule has 1 aromatic rings. The van der Waals surface area contributed by atoms with Gasteiger partial charge in [-0.15, -0.1) is 0 Å². The Morgan fingerprint density at radius 1 is 1.64 bits per heavy atom. The fourth-order valence-electron chi connectivity index (χ4n) is 1.88. The number of rotatable bonds is 1.